The fourth-order valence-corrected chi connectivity index (χ4v) is 3.26. The normalized spacial score (nSPS) is 15.0. The largest absolute Gasteiger partial charge is 0.497 e. The van der Waals surface area contributed by atoms with Crippen LogP contribution in [0, 0.1) is 0 Å². The number of benzene rings is 1. The monoisotopic (exact) mass is 391 g/mol. The van der Waals surface area contributed by atoms with Crippen molar-refractivity contribution in [2.24, 2.45) is 0 Å². The van der Waals surface area contributed by atoms with E-state index in [1.165, 1.54) is 0 Å². The molecule has 0 radical (unpaired) electrons. The molecule has 3 heterocycles. The van der Waals surface area contributed by atoms with Gasteiger partial charge < -0.3 is 9.64 Å². The van der Waals surface area contributed by atoms with Crippen LogP contribution in [0.4, 0.5) is 10.2 Å². The Morgan fingerprint density at radius 1 is 1.04 bits per heavy atom. The number of hydrogen-bond acceptors (Lipinski definition) is 5. The van der Waals surface area contributed by atoms with Crippen molar-refractivity contribution < 1.29 is 9.13 Å². The van der Waals surface area contributed by atoms with Gasteiger partial charge in [-0.2, -0.15) is 4.98 Å². The first-order valence-electron chi connectivity index (χ1n) is 8.80. The predicted molar refractivity (Wildman–Crippen MR) is 107 cm³/mol. The van der Waals surface area contributed by atoms with Gasteiger partial charge in [0.2, 0.25) is 5.78 Å². The van der Waals surface area contributed by atoms with E-state index in [9.17, 15) is 4.39 Å². The fraction of sp³-hybridized carbons (Fsp3) is 0.368. The molecular formula is C19H23ClFN5O. The molecule has 8 heteroatoms. The summed E-state index contributed by atoms with van der Waals surface area (Å²) in [6.07, 6.45) is 3.97. The lowest BCUT2D eigenvalue weighted by Crippen LogP contribution is -2.47. The van der Waals surface area contributed by atoms with E-state index in [4.69, 9.17) is 9.72 Å². The average Bonchev–Trinajstić information content (AvgIpc) is 3.12. The molecule has 0 bridgehead atoms. The number of hydrogen-bond donors (Lipinski definition) is 0. The van der Waals surface area contributed by atoms with E-state index in [0.29, 0.717) is 12.3 Å². The van der Waals surface area contributed by atoms with Gasteiger partial charge in [-0.1, -0.05) is 0 Å². The predicted octanol–water partition coefficient (Wildman–Crippen LogP) is 2.92. The zero-order chi connectivity index (χ0) is 17.9. The molecule has 2 aromatic heterocycles. The second-order valence-corrected chi connectivity index (χ2v) is 6.37. The van der Waals surface area contributed by atoms with Crippen LogP contribution >= 0.6 is 12.4 Å². The number of aromatic nitrogens is 3. The Bertz CT molecular complexity index is 877. The topological polar surface area (TPSA) is 45.9 Å². The van der Waals surface area contributed by atoms with Gasteiger partial charge in [-0.05, 0) is 30.3 Å². The molecule has 1 aromatic carbocycles. The number of halogens is 2. The fourth-order valence-electron chi connectivity index (χ4n) is 3.26. The molecule has 4 rings (SSSR count). The van der Waals surface area contributed by atoms with Gasteiger partial charge in [-0.25, -0.2) is 9.37 Å². The summed E-state index contributed by atoms with van der Waals surface area (Å²) in [6.45, 7) is 3.67. The molecule has 1 aliphatic heterocycles. The highest BCUT2D eigenvalue weighted by molar-refractivity contribution is 5.85. The molecule has 3 aromatic rings. The zero-order valence-electron chi connectivity index (χ0n) is 15.2. The second-order valence-electron chi connectivity index (χ2n) is 6.37. The zero-order valence-corrected chi connectivity index (χ0v) is 16.0. The Labute approximate surface area is 164 Å². The third-order valence-electron chi connectivity index (χ3n) is 4.79. The molecule has 0 saturated carbocycles. The van der Waals surface area contributed by atoms with Gasteiger partial charge in [-0.3, -0.25) is 9.30 Å². The average molecular weight is 392 g/mol. The highest BCUT2D eigenvalue weighted by Gasteiger charge is 2.18. The van der Waals surface area contributed by atoms with Crippen LogP contribution in [-0.4, -0.2) is 65.8 Å². The third-order valence-corrected chi connectivity index (χ3v) is 4.79. The number of methoxy groups -OCH3 is 1. The Balaban J connectivity index is 0.00000210. The minimum Gasteiger partial charge on any atom is -0.497 e. The van der Waals surface area contributed by atoms with Gasteiger partial charge >= 0.3 is 0 Å². The lowest BCUT2D eigenvalue weighted by molar-refractivity contribution is 0.235. The van der Waals surface area contributed by atoms with Crippen LogP contribution in [0.5, 0.6) is 5.75 Å². The summed E-state index contributed by atoms with van der Waals surface area (Å²) in [4.78, 5) is 13.8. The maximum absolute atomic E-state index is 12.5. The molecule has 1 aliphatic rings. The maximum atomic E-state index is 12.5. The van der Waals surface area contributed by atoms with Gasteiger partial charge in [0.1, 0.15) is 18.2 Å². The summed E-state index contributed by atoms with van der Waals surface area (Å²) in [5.41, 5.74) is 1.91. The van der Waals surface area contributed by atoms with Crippen molar-refractivity contribution in [1.29, 1.82) is 0 Å². The van der Waals surface area contributed by atoms with Crippen molar-refractivity contribution in [3.05, 3.63) is 42.7 Å². The van der Waals surface area contributed by atoms with Crippen LogP contribution in [0.1, 0.15) is 0 Å². The van der Waals surface area contributed by atoms with Crippen LogP contribution in [0.2, 0.25) is 0 Å². The van der Waals surface area contributed by atoms with Crippen molar-refractivity contribution in [3.63, 3.8) is 0 Å². The maximum Gasteiger partial charge on any atom is 0.236 e. The highest BCUT2D eigenvalue weighted by Crippen LogP contribution is 2.23. The van der Waals surface area contributed by atoms with E-state index in [2.05, 4.69) is 14.8 Å². The minimum absolute atomic E-state index is 0. The van der Waals surface area contributed by atoms with Crippen molar-refractivity contribution in [2.45, 2.75) is 0 Å². The number of piperazine rings is 1. The minimum atomic E-state index is -0.285. The SMILES string of the molecule is COc1ccc(-c2cn3ccc(N4CCN(CCF)CC4)nc3n2)cc1.Cl. The summed E-state index contributed by atoms with van der Waals surface area (Å²) in [5, 5.41) is 0. The lowest BCUT2D eigenvalue weighted by Gasteiger charge is -2.34. The van der Waals surface area contributed by atoms with Crippen molar-refractivity contribution in [1.82, 2.24) is 19.3 Å². The Morgan fingerprint density at radius 3 is 2.44 bits per heavy atom. The first-order valence-corrected chi connectivity index (χ1v) is 8.80. The molecule has 0 unspecified atom stereocenters. The lowest BCUT2D eigenvalue weighted by atomic mass is 10.2. The van der Waals surface area contributed by atoms with Gasteiger partial charge in [0, 0.05) is 50.7 Å². The van der Waals surface area contributed by atoms with Crippen LogP contribution in [0.3, 0.4) is 0 Å². The summed E-state index contributed by atoms with van der Waals surface area (Å²) >= 11 is 0. The number of anilines is 1. The van der Waals surface area contributed by atoms with Crippen molar-refractivity contribution in [2.75, 3.05) is 51.4 Å². The smallest absolute Gasteiger partial charge is 0.236 e. The summed E-state index contributed by atoms with van der Waals surface area (Å²) < 4.78 is 19.6. The second kappa shape index (κ2) is 8.54. The van der Waals surface area contributed by atoms with Gasteiger partial charge in [-0.15, -0.1) is 12.4 Å². The highest BCUT2D eigenvalue weighted by atomic mass is 35.5. The molecule has 27 heavy (non-hydrogen) atoms. The number of alkyl halides is 1. The van der Waals surface area contributed by atoms with E-state index in [1.54, 1.807) is 7.11 Å². The van der Waals surface area contributed by atoms with Gasteiger partial charge in [0.05, 0.1) is 12.8 Å². The molecule has 0 N–H and O–H groups in total. The molecular weight excluding hydrogens is 369 g/mol. The summed E-state index contributed by atoms with van der Waals surface area (Å²) in [7, 11) is 1.66. The van der Waals surface area contributed by atoms with E-state index in [-0.39, 0.29) is 19.1 Å². The number of fused-ring (bicyclic) bond motifs is 1. The van der Waals surface area contributed by atoms with Crippen molar-refractivity contribution >= 4 is 24.0 Å². The van der Waals surface area contributed by atoms with E-state index >= 15 is 0 Å². The van der Waals surface area contributed by atoms with Crippen LogP contribution < -0.4 is 9.64 Å². The third kappa shape index (κ3) is 4.14. The molecule has 144 valence electrons. The molecule has 6 nitrogen and oxygen atoms in total. The van der Waals surface area contributed by atoms with E-state index < -0.39 is 0 Å². The number of rotatable bonds is 5. The molecule has 0 amide bonds. The molecule has 1 fully saturated rings. The standard InChI is InChI=1S/C19H22FN5O.ClH/c1-26-16-4-2-15(3-5-16)17-14-25-8-6-18(22-19(25)21-17)24-12-10-23(9-7-20)11-13-24;/h2-6,8,14H,7,9-13H2,1H3;1H. The van der Waals surface area contributed by atoms with E-state index in [0.717, 1.165) is 49.0 Å². The Morgan fingerprint density at radius 2 is 1.78 bits per heavy atom. The molecule has 0 atom stereocenters. The number of imidazole rings is 1. The van der Waals surface area contributed by atoms with Gasteiger partial charge in [0.25, 0.3) is 0 Å². The van der Waals surface area contributed by atoms with Crippen molar-refractivity contribution in [3.8, 4) is 17.0 Å². The number of ether oxygens (including phenoxy) is 1. The number of nitrogens with zero attached hydrogens (tertiary/aromatic N) is 5. The van der Waals surface area contributed by atoms with Crippen LogP contribution in [0.25, 0.3) is 17.0 Å². The quantitative estimate of drug-likeness (QED) is 0.669. The van der Waals surface area contributed by atoms with E-state index in [1.807, 2.05) is 47.1 Å². The van der Waals surface area contributed by atoms with Gasteiger partial charge in [0.15, 0.2) is 0 Å². The summed E-state index contributed by atoms with van der Waals surface area (Å²) in [6, 6.07) is 9.85. The summed E-state index contributed by atoms with van der Waals surface area (Å²) in [5.74, 6) is 2.42. The molecule has 0 spiro atoms. The first kappa shape index (κ1) is 19.4. The molecule has 0 aliphatic carbocycles. The first-order chi connectivity index (χ1) is 12.8. The Kier molecular flexibility index (Phi) is 6.13. The Hall–Kier alpha value is -2.38. The van der Waals surface area contributed by atoms with Crippen LogP contribution in [0.15, 0.2) is 42.7 Å². The molecule has 1 saturated heterocycles. The van der Waals surface area contributed by atoms with Crippen LogP contribution in [-0.2, 0) is 0 Å².